The molecule has 0 aliphatic rings. The maximum atomic E-state index is 13.2. The van der Waals surface area contributed by atoms with Gasteiger partial charge in [0.1, 0.15) is 11.6 Å². The van der Waals surface area contributed by atoms with E-state index >= 15 is 0 Å². The smallest absolute Gasteiger partial charge is 0.316 e. The number of benzene rings is 2. The Bertz CT molecular complexity index is 689. The third-order valence-electron chi connectivity index (χ3n) is 3.42. The van der Waals surface area contributed by atoms with Gasteiger partial charge in [0.15, 0.2) is 6.10 Å². The molecular formula is C18H17F2NO3S. The lowest BCUT2D eigenvalue weighted by atomic mass is 10.0. The minimum atomic E-state index is -1.01. The van der Waals surface area contributed by atoms with Crippen LogP contribution in [0.2, 0.25) is 0 Å². The van der Waals surface area contributed by atoms with Gasteiger partial charge >= 0.3 is 5.97 Å². The summed E-state index contributed by atoms with van der Waals surface area (Å²) in [4.78, 5) is 22.8. The van der Waals surface area contributed by atoms with E-state index in [9.17, 15) is 18.4 Å². The van der Waals surface area contributed by atoms with Crippen LogP contribution in [0.5, 0.6) is 0 Å². The van der Waals surface area contributed by atoms with Gasteiger partial charge in [-0.25, -0.2) is 8.78 Å². The van der Waals surface area contributed by atoms with E-state index < -0.39 is 18.0 Å². The molecule has 0 radical (unpaired) electrons. The molecule has 4 nitrogen and oxygen atoms in total. The molecule has 0 unspecified atom stereocenters. The molecule has 2 aromatic carbocycles. The standard InChI is InChI=1S/C18H17F2NO3S/c1-11(18(21)23)24-16(22)10-25-17(12-2-6-14(19)7-3-12)13-4-8-15(20)9-5-13/h2-9,11,17H,10H2,1H3,(H2,21,23)/t11-/m0/s1. The van der Waals surface area contributed by atoms with Crippen LogP contribution in [-0.4, -0.2) is 23.7 Å². The summed E-state index contributed by atoms with van der Waals surface area (Å²) in [5.41, 5.74) is 6.57. The van der Waals surface area contributed by atoms with Gasteiger partial charge in [-0.2, -0.15) is 0 Å². The Hall–Kier alpha value is -2.41. The van der Waals surface area contributed by atoms with E-state index in [4.69, 9.17) is 10.5 Å². The van der Waals surface area contributed by atoms with Crippen LogP contribution in [0.4, 0.5) is 8.78 Å². The van der Waals surface area contributed by atoms with Gasteiger partial charge < -0.3 is 10.5 Å². The molecule has 0 aliphatic heterocycles. The van der Waals surface area contributed by atoms with E-state index in [2.05, 4.69) is 0 Å². The highest BCUT2D eigenvalue weighted by molar-refractivity contribution is 8.00. The van der Waals surface area contributed by atoms with Gasteiger partial charge in [-0.3, -0.25) is 9.59 Å². The fourth-order valence-corrected chi connectivity index (χ4v) is 3.17. The molecule has 1 atom stereocenters. The van der Waals surface area contributed by atoms with Crippen molar-refractivity contribution in [1.29, 1.82) is 0 Å². The largest absolute Gasteiger partial charge is 0.452 e. The Labute approximate surface area is 148 Å². The number of thioether (sulfide) groups is 1. The second kappa shape index (κ2) is 8.62. The highest BCUT2D eigenvalue weighted by atomic mass is 32.2. The van der Waals surface area contributed by atoms with E-state index in [1.54, 1.807) is 24.3 Å². The zero-order chi connectivity index (χ0) is 18.4. The SMILES string of the molecule is C[C@H](OC(=O)CSC(c1ccc(F)cc1)c1ccc(F)cc1)C(N)=O. The van der Waals surface area contributed by atoms with Crippen LogP contribution in [0.3, 0.4) is 0 Å². The maximum Gasteiger partial charge on any atom is 0.316 e. The molecule has 25 heavy (non-hydrogen) atoms. The average molecular weight is 365 g/mol. The van der Waals surface area contributed by atoms with Crippen molar-refractivity contribution in [1.82, 2.24) is 0 Å². The summed E-state index contributed by atoms with van der Waals surface area (Å²) >= 11 is 1.23. The second-order valence-corrected chi connectivity index (χ2v) is 6.42. The summed E-state index contributed by atoms with van der Waals surface area (Å²) in [6.45, 7) is 1.39. The maximum absolute atomic E-state index is 13.2. The molecule has 2 aromatic rings. The first-order valence-electron chi connectivity index (χ1n) is 7.48. The minimum Gasteiger partial charge on any atom is -0.452 e. The first-order valence-corrected chi connectivity index (χ1v) is 8.53. The second-order valence-electron chi connectivity index (χ2n) is 5.33. The van der Waals surface area contributed by atoms with Crippen molar-refractivity contribution in [3.05, 3.63) is 71.3 Å². The first-order chi connectivity index (χ1) is 11.9. The minimum absolute atomic E-state index is 0.0446. The van der Waals surface area contributed by atoms with Crippen LogP contribution in [0.15, 0.2) is 48.5 Å². The molecule has 0 spiro atoms. The first kappa shape index (κ1) is 18.9. The number of carbonyl (C=O) groups is 2. The Kier molecular flexibility index (Phi) is 6.52. The molecule has 0 saturated heterocycles. The van der Waals surface area contributed by atoms with Crippen LogP contribution in [-0.2, 0) is 14.3 Å². The van der Waals surface area contributed by atoms with Crippen LogP contribution in [0.1, 0.15) is 23.3 Å². The van der Waals surface area contributed by atoms with Crippen molar-refractivity contribution < 1.29 is 23.1 Å². The van der Waals surface area contributed by atoms with Gasteiger partial charge in [0.05, 0.1) is 11.0 Å². The number of ether oxygens (including phenoxy) is 1. The van der Waals surface area contributed by atoms with Crippen molar-refractivity contribution >= 4 is 23.6 Å². The lowest BCUT2D eigenvalue weighted by molar-refractivity contribution is -0.151. The van der Waals surface area contributed by atoms with Gasteiger partial charge in [-0.1, -0.05) is 24.3 Å². The number of nitrogens with two attached hydrogens (primary N) is 1. The van der Waals surface area contributed by atoms with E-state index in [1.165, 1.54) is 43.0 Å². The van der Waals surface area contributed by atoms with Crippen LogP contribution in [0, 0.1) is 11.6 Å². The molecule has 0 aromatic heterocycles. The monoisotopic (exact) mass is 365 g/mol. The average Bonchev–Trinajstić information content (AvgIpc) is 2.58. The van der Waals surface area contributed by atoms with E-state index in [-0.39, 0.29) is 22.6 Å². The number of esters is 1. The lowest BCUT2D eigenvalue weighted by Crippen LogP contribution is -2.31. The van der Waals surface area contributed by atoms with Gasteiger partial charge in [-0.05, 0) is 42.3 Å². The van der Waals surface area contributed by atoms with E-state index in [0.29, 0.717) is 0 Å². The zero-order valence-electron chi connectivity index (χ0n) is 13.4. The molecular weight excluding hydrogens is 348 g/mol. The molecule has 0 saturated carbocycles. The van der Waals surface area contributed by atoms with Crippen LogP contribution < -0.4 is 5.73 Å². The molecule has 132 valence electrons. The molecule has 0 aliphatic carbocycles. The van der Waals surface area contributed by atoms with Crippen LogP contribution in [0.25, 0.3) is 0 Å². The Morgan fingerprint density at radius 3 is 1.84 bits per heavy atom. The van der Waals surface area contributed by atoms with Crippen molar-refractivity contribution in [2.75, 3.05) is 5.75 Å². The van der Waals surface area contributed by atoms with E-state index in [0.717, 1.165) is 11.1 Å². The van der Waals surface area contributed by atoms with Gasteiger partial charge in [0.25, 0.3) is 5.91 Å². The third kappa shape index (κ3) is 5.56. The predicted octanol–water partition coefficient (Wildman–Crippen LogP) is 3.20. The molecule has 0 bridgehead atoms. The van der Waals surface area contributed by atoms with Crippen molar-refractivity contribution in [2.24, 2.45) is 5.73 Å². The zero-order valence-corrected chi connectivity index (χ0v) is 14.3. The summed E-state index contributed by atoms with van der Waals surface area (Å²) in [6, 6.07) is 11.7. The van der Waals surface area contributed by atoms with Crippen molar-refractivity contribution in [3.63, 3.8) is 0 Å². The molecule has 0 fully saturated rings. The number of hydrogen-bond acceptors (Lipinski definition) is 4. The van der Waals surface area contributed by atoms with Gasteiger partial charge in [0, 0.05) is 0 Å². The summed E-state index contributed by atoms with van der Waals surface area (Å²) in [5, 5.41) is -0.322. The lowest BCUT2D eigenvalue weighted by Gasteiger charge is -2.18. The van der Waals surface area contributed by atoms with Gasteiger partial charge in [0.2, 0.25) is 0 Å². The molecule has 0 heterocycles. The summed E-state index contributed by atoms with van der Waals surface area (Å²) in [5.74, 6) is -2.11. The van der Waals surface area contributed by atoms with E-state index in [1.807, 2.05) is 0 Å². The Morgan fingerprint density at radius 1 is 1.00 bits per heavy atom. The molecule has 7 heteroatoms. The normalized spacial score (nSPS) is 12.0. The summed E-state index contributed by atoms with van der Waals surface area (Å²) in [6.07, 6.45) is -1.01. The fraction of sp³-hybridized carbons (Fsp3) is 0.222. The molecule has 2 N–H and O–H groups in total. The molecule has 2 rings (SSSR count). The highest BCUT2D eigenvalue weighted by Gasteiger charge is 2.20. The quantitative estimate of drug-likeness (QED) is 0.765. The van der Waals surface area contributed by atoms with Gasteiger partial charge in [-0.15, -0.1) is 11.8 Å². The number of amides is 1. The number of rotatable bonds is 7. The topological polar surface area (TPSA) is 69.4 Å². The Morgan fingerprint density at radius 2 is 1.44 bits per heavy atom. The highest BCUT2D eigenvalue weighted by Crippen LogP contribution is 2.35. The van der Waals surface area contributed by atoms with Crippen molar-refractivity contribution in [3.8, 4) is 0 Å². The number of primary amides is 1. The van der Waals surface area contributed by atoms with Crippen LogP contribution >= 0.6 is 11.8 Å². The third-order valence-corrected chi connectivity index (χ3v) is 4.70. The Balaban J connectivity index is 2.15. The fourth-order valence-electron chi connectivity index (χ4n) is 2.10. The predicted molar refractivity (Wildman–Crippen MR) is 91.8 cm³/mol. The number of hydrogen-bond donors (Lipinski definition) is 1. The summed E-state index contributed by atoms with van der Waals surface area (Å²) < 4.78 is 31.2. The van der Waals surface area contributed by atoms with Crippen molar-refractivity contribution in [2.45, 2.75) is 18.3 Å². The number of halogens is 2. The summed E-state index contributed by atoms with van der Waals surface area (Å²) in [7, 11) is 0. The number of carbonyl (C=O) groups excluding carboxylic acids is 2. The molecule has 1 amide bonds.